The van der Waals surface area contributed by atoms with Gasteiger partial charge >= 0.3 is 0 Å². The minimum absolute atomic E-state index is 0. The molecule has 4 heteroatoms. The molecule has 1 aromatic carbocycles. The van der Waals surface area contributed by atoms with Crippen LogP contribution in [0.2, 0.25) is 0 Å². The summed E-state index contributed by atoms with van der Waals surface area (Å²) in [7, 11) is 0.113. The Morgan fingerprint density at radius 2 is 2.14 bits per heavy atom. The highest BCUT2D eigenvalue weighted by Crippen LogP contribution is 2.22. The average Bonchev–Trinajstić information content (AvgIpc) is 2.13. The molecular formula is C10H16BrO2P. The molecule has 0 saturated carbocycles. The fourth-order valence-electron chi connectivity index (χ4n) is 0.900. The zero-order chi connectivity index (χ0) is 9.52. The van der Waals surface area contributed by atoms with Crippen LogP contribution in [0.5, 0.6) is 5.75 Å². The second-order valence-electron chi connectivity index (χ2n) is 2.85. The molecule has 0 saturated heterocycles. The largest absolute Gasteiger partial charge is 0.450 e. The molecule has 2 nitrogen and oxygen atoms in total. The lowest BCUT2D eigenvalue weighted by Gasteiger charge is -2.05. The Morgan fingerprint density at radius 1 is 1.36 bits per heavy atom. The molecule has 1 atom stereocenters. The first-order valence-electron chi connectivity index (χ1n) is 4.43. The van der Waals surface area contributed by atoms with Crippen LogP contribution in [0, 0.1) is 6.92 Å². The second kappa shape index (κ2) is 8.22. The van der Waals surface area contributed by atoms with Gasteiger partial charge in [0.2, 0.25) is 9.03 Å². The van der Waals surface area contributed by atoms with Crippen LogP contribution in [0.1, 0.15) is 18.9 Å². The number of rotatable bonds is 5. The second-order valence-corrected chi connectivity index (χ2v) is 3.51. The van der Waals surface area contributed by atoms with Gasteiger partial charge in [-0.3, -0.25) is 0 Å². The summed E-state index contributed by atoms with van der Waals surface area (Å²) in [6.07, 6.45) is 1.03. The van der Waals surface area contributed by atoms with E-state index in [1.165, 1.54) is 5.56 Å². The quantitative estimate of drug-likeness (QED) is 0.601. The fourth-order valence-corrected chi connectivity index (χ4v) is 1.47. The molecule has 14 heavy (non-hydrogen) atoms. The van der Waals surface area contributed by atoms with Crippen LogP contribution < -0.4 is 4.52 Å². The van der Waals surface area contributed by atoms with E-state index in [0.717, 1.165) is 18.8 Å². The first kappa shape index (κ1) is 13.9. The Morgan fingerprint density at radius 3 is 2.79 bits per heavy atom. The number of halogens is 1. The van der Waals surface area contributed by atoms with Crippen LogP contribution in [0.15, 0.2) is 24.3 Å². The van der Waals surface area contributed by atoms with Gasteiger partial charge in [-0.1, -0.05) is 19.1 Å². The van der Waals surface area contributed by atoms with E-state index in [4.69, 9.17) is 9.05 Å². The Bertz CT molecular complexity index is 256. The number of aryl methyl sites for hydroxylation is 1. The highest BCUT2D eigenvalue weighted by atomic mass is 79.9. The van der Waals surface area contributed by atoms with Crippen LogP contribution in [0.25, 0.3) is 0 Å². The molecule has 1 aromatic rings. The minimum Gasteiger partial charge on any atom is -0.450 e. The summed E-state index contributed by atoms with van der Waals surface area (Å²) in [4.78, 5) is 0. The zero-order valence-corrected chi connectivity index (χ0v) is 11.2. The number of benzene rings is 1. The summed E-state index contributed by atoms with van der Waals surface area (Å²) in [6.45, 7) is 4.89. The van der Waals surface area contributed by atoms with Crippen LogP contribution >= 0.6 is 26.0 Å². The summed E-state index contributed by atoms with van der Waals surface area (Å²) < 4.78 is 10.6. The highest BCUT2D eigenvalue weighted by molar-refractivity contribution is 8.93. The Labute approximate surface area is 97.7 Å². The maximum atomic E-state index is 5.39. The summed E-state index contributed by atoms with van der Waals surface area (Å²) >= 11 is 0. The van der Waals surface area contributed by atoms with Gasteiger partial charge in [-0.25, -0.2) is 0 Å². The van der Waals surface area contributed by atoms with Crippen molar-refractivity contribution in [3.8, 4) is 5.75 Å². The van der Waals surface area contributed by atoms with Crippen molar-refractivity contribution in [2.24, 2.45) is 0 Å². The van der Waals surface area contributed by atoms with E-state index < -0.39 is 0 Å². The molecule has 0 heterocycles. The molecule has 0 spiro atoms. The van der Waals surface area contributed by atoms with Gasteiger partial charge in [-0.2, -0.15) is 0 Å². The van der Waals surface area contributed by atoms with E-state index in [9.17, 15) is 0 Å². The van der Waals surface area contributed by atoms with Crippen LogP contribution in [-0.2, 0) is 4.52 Å². The van der Waals surface area contributed by atoms with E-state index in [2.05, 4.69) is 6.92 Å². The maximum absolute atomic E-state index is 5.39. The molecule has 0 aromatic heterocycles. The van der Waals surface area contributed by atoms with Crippen molar-refractivity contribution in [1.29, 1.82) is 0 Å². The van der Waals surface area contributed by atoms with Crippen LogP contribution in [-0.4, -0.2) is 6.61 Å². The molecule has 1 rings (SSSR count). The molecule has 0 N–H and O–H groups in total. The van der Waals surface area contributed by atoms with Crippen LogP contribution in [0.3, 0.4) is 0 Å². The van der Waals surface area contributed by atoms with Gasteiger partial charge in [0.25, 0.3) is 0 Å². The monoisotopic (exact) mass is 278 g/mol. The molecule has 0 amide bonds. The molecule has 0 aliphatic rings. The summed E-state index contributed by atoms with van der Waals surface area (Å²) in [5, 5.41) is 0. The SMILES string of the molecule is Br.CCCOPOc1cccc(C)c1. The van der Waals surface area contributed by atoms with Gasteiger partial charge in [0, 0.05) is 0 Å². The Kier molecular flexibility index (Phi) is 8.15. The molecular weight excluding hydrogens is 263 g/mol. The van der Waals surface area contributed by atoms with Gasteiger partial charge < -0.3 is 9.05 Å². The van der Waals surface area contributed by atoms with Crippen molar-refractivity contribution in [1.82, 2.24) is 0 Å². The van der Waals surface area contributed by atoms with Gasteiger partial charge in [-0.15, -0.1) is 17.0 Å². The van der Waals surface area contributed by atoms with Gasteiger partial charge in [0.05, 0.1) is 6.61 Å². The molecule has 80 valence electrons. The summed E-state index contributed by atoms with van der Waals surface area (Å²) in [6, 6.07) is 7.97. The lowest BCUT2D eigenvalue weighted by atomic mass is 10.2. The van der Waals surface area contributed by atoms with Crippen molar-refractivity contribution in [3.05, 3.63) is 29.8 Å². The Balaban J connectivity index is 0.00000169. The predicted octanol–water partition coefficient (Wildman–Crippen LogP) is 3.89. The minimum atomic E-state index is 0. The first-order chi connectivity index (χ1) is 6.33. The maximum Gasteiger partial charge on any atom is 0.215 e. The molecule has 0 bridgehead atoms. The molecule has 1 unspecified atom stereocenters. The van der Waals surface area contributed by atoms with E-state index in [1.807, 2.05) is 31.2 Å². The standard InChI is InChI=1S/C10H15O2P.BrH/c1-3-7-11-13-12-10-6-4-5-9(2)8-10;/h4-6,8,13H,3,7H2,1-2H3;1H. The normalized spacial score (nSPS) is 10.1. The molecule has 0 aliphatic carbocycles. The van der Waals surface area contributed by atoms with Crippen molar-refractivity contribution in [2.75, 3.05) is 6.61 Å². The lowest BCUT2D eigenvalue weighted by Crippen LogP contribution is -1.85. The van der Waals surface area contributed by atoms with E-state index in [0.29, 0.717) is 0 Å². The van der Waals surface area contributed by atoms with Crippen molar-refractivity contribution < 1.29 is 9.05 Å². The Hall–Kier alpha value is -0.110. The highest BCUT2D eigenvalue weighted by Gasteiger charge is 1.93. The molecule has 0 fully saturated rings. The third-order valence-corrected chi connectivity index (χ3v) is 2.16. The third kappa shape index (κ3) is 5.58. The lowest BCUT2D eigenvalue weighted by molar-refractivity contribution is 0.329. The summed E-state index contributed by atoms with van der Waals surface area (Å²) in [5.74, 6) is 0.884. The topological polar surface area (TPSA) is 18.5 Å². The fraction of sp³-hybridized carbons (Fsp3) is 0.400. The average molecular weight is 279 g/mol. The number of hydrogen-bond donors (Lipinski definition) is 0. The van der Waals surface area contributed by atoms with Crippen molar-refractivity contribution >= 4 is 26.0 Å². The zero-order valence-electron chi connectivity index (χ0n) is 8.45. The molecule has 0 aliphatic heterocycles. The predicted molar refractivity (Wildman–Crippen MR) is 66.7 cm³/mol. The summed E-state index contributed by atoms with van der Waals surface area (Å²) in [5.41, 5.74) is 1.21. The van der Waals surface area contributed by atoms with E-state index >= 15 is 0 Å². The van der Waals surface area contributed by atoms with Gasteiger partial charge in [-0.05, 0) is 31.0 Å². The first-order valence-corrected chi connectivity index (χ1v) is 5.25. The molecule has 0 radical (unpaired) electrons. The number of hydrogen-bond acceptors (Lipinski definition) is 2. The smallest absolute Gasteiger partial charge is 0.215 e. The van der Waals surface area contributed by atoms with Crippen LogP contribution in [0.4, 0.5) is 0 Å². The third-order valence-electron chi connectivity index (χ3n) is 1.51. The van der Waals surface area contributed by atoms with Crippen molar-refractivity contribution in [3.63, 3.8) is 0 Å². The van der Waals surface area contributed by atoms with E-state index in [1.54, 1.807) is 0 Å². The van der Waals surface area contributed by atoms with E-state index in [-0.39, 0.29) is 26.0 Å². The van der Waals surface area contributed by atoms with Crippen molar-refractivity contribution in [2.45, 2.75) is 20.3 Å². The van der Waals surface area contributed by atoms with Gasteiger partial charge in [0.1, 0.15) is 5.75 Å². The van der Waals surface area contributed by atoms with Gasteiger partial charge in [0.15, 0.2) is 0 Å².